The second-order valence-corrected chi connectivity index (χ2v) is 7.77. The van der Waals surface area contributed by atoms with Crippen molar-refractivity contribution in [3.8, 4) is 0 Å². The van der Waals surface area contributed by atoms with Crippen LogP contribution < -0.4 is 10.2 Å². The largest absolute Gasteiger partial charge is 0.322 e. The van der Waals surface area contributed by atoms with E-state index in [1.165, 1.54) is 5.56 Å². The molecule has 0 aromatic heterocycles. The van der Waals surface area contributed by atoms with Crippen LogP contribution in [0.15, 0.2) is 42.5 Å². The number of benzene rings is 2. The van der Waals surface area contributed by atoms with Gasteiger partial charge in [-0.1, -0.05) is 47.5 Å². The first-order valence-corrected chi connectivity index (χ1v) is 9.97. The molecule has 2 aromatic rings. The van der Waals surface area contributed by atoms with Crippen LogP contribution in [0.5, 0.6) is 0 Å². The van der Waals surface area contributed by atoms with Gasteiger partial charge in [0, 0.05) is 12.2 Å². The monoisotopic (exact) mass is 419 g/mol. The molecule has 0 spiro atoms. The number of halogens is 2. The van der Waals surface area contributed by atoms with Gasteiger partial charge < -0.3 is 10.2 Å². The highest BCUT2D eigenvalue weighted by molar-refractivity contribution is 6.39. The minimum Gasteiger partial charge on any atom is -0.322 e. The highest BCUT2D eigenvalue weighted by Gasteiger charge is 2.29. The van der Waals surface area contributed by atoms with E-state index in [1.54, 1.807) is 30.1 Å². The van der Waals surface area contributed by atoms with Crippen molar-refractivity contribution in [1.29, 1.82) is 0 Å². The van der Waals surface area contributed by atoms with E-state index in [9.17, 15) is 9.59 Å². The molecule has 0 saturated heterocycles. The summed E-state index contributed by atoms with van der Waals surface area (Å²) in [6, 6.07) is 12.6. The summed E-state index contributed by atoms with van der Waals surface area (Å²) in [5, 5.41) is 3.47. The predicted octanol–water partition coefficient (Wildman–Crippen LogP) is 4.23. The molecule has 148 valence electrons. The Morgan fingerprint density at radius 2 is 1.82 bits per heavy atom. The number of likely N-dealkylation sites (N-methyl/N-ethyl adjacent to an activating group) is 1. The minimum atomic E-state index is -0.446. The average Bonchev–Trinajstić information content (AvgIpc) is 2.69. The van der Waals surface area contributed by atoms with Gasteiger partial charge in [-0.15, -0.1) is 0 Å². The van der Waals surface area contributed by atoms with Gasteiger partial charge in [-0.3, -0.25) is 14.5 Å². The summed E-state index contributed by atoms with van der Waals surface area (Å²) in [5.41, 5.74) is 2.53. The van der Waals surface area contributed by atoms with Crippen molar-refractivity contribution in [1.82, 2.24) is 4.90 Å². The number of hydrogen-bond donors (Lipinski definition) is 1. The molecule has 7 heteroatoms. The van der Waals surface area contributed by atoms with Gasteiger partial charge in [-0.2, -0.15) is 0 Å². The molecule has 1 heterocycles. The molecule has 1 aliphatic heterocycles. The fraction of sp³-hybridized carbons (Fsp3) is 0.333. The number of nitrogens with one attached hydrogen (secondary N) is 1. The second kappa shape index (κ2) is 8.95. The normalized spacial score (nSPS) is 14.5. The van der Waals surface area contributed by atoms with Gasteiger partial charge in [0.15, 0.2) is 0 Å². The Morgan fingerprint density at radius 3 is 2.54 bits per heavy atom. The standard InChI is InChI=1S/C21H23Cl2N3O2/c1-14(21(28)26-12-6-8-15-7-3-4-11-18(15)26)25(2)13-19(27)24-20-16(22)9-5-10-17(20)23/h3-5,7,9-11,14H,6,8,12-13H2,1-2H3,(H,24,27)/t14-/m1/s1. The minimum absolute atomic E-state index is 0.0155. The lowest BCUT2D eigenvalue weighted by atomic mass is 10.0. The number of nitrogens with zero attached hydrogens (tertiary/aromatic N) is 2. The van der Waals surface area contributed by atoms with E-state index < -0.39 is 6.04 Å². The van der Waals surface area contributed by atoms with Gasteiger partial charge in [0.05, 0.1) is 28.3 Å². The molecule has 0 unspecified atom stereocenters. The number of fused-ring (bicyclic) bond motifs is 1. The van der Waals surface area contributed by atoms with Crippen molar-refractivity contribution in [2.45, 2.75) is 25.8 Å². The van der Waals surface area contributed by atoms with Crippen LogP contribution in [0, 0.1) is 0 Å². The molecule has 0 aliphatic carbocycles. The lowest BCUT2D eigenvalue weighted by Gasteiger charge is -2.34. The Labute approximate surface area is 175 Å². The van der Waals surface area contributed by atoms with Crippen molar-refractivity contribution in [3.05, 3.63) is 58.1 Å². The van der Waals surface area contributed by atoms with Crippen molar-refractivity contribution in [2.24, 2.45) is 0 Å². The van der Waals surface area contributed by atoms with Crippen LogP contribution in [0.1, 0.15) is 18.9 Å². The Kier molecular flexibility index (Phi) is 6.60. The first kappa shape index (κ1) is 20.6. The summed E-state index contributed by atoms with van der Waals surface area (Å²) < 4.78 is 0. The van der Waals surface area contributed by atoms with Crippen molar-refractivity contribution < 1.29 is 9.59 Å². The summed E-state index contributed by atoms with van der Waals surface area (Å²) in [7, 11) is 1.76. The van der Waals surface area contributed by atoms with Crippen LogP contribution in [0.2, 0.25) is 10.0 Å². The molecule has 1 atom stereocenters. The molecule has 1 aliphatic rings. The molecule has 2 amide bonds. The second-order valence-electron chi connectivity index (χ2n) is 6.96. The zero-order valence-corrected chi connectivity index (χ0v) is 17.4. The number of carbonyl (C=O) groups is 2. The Bertz CT molecular complexity index is 867. The van der Waals surface area contributed by atoms with Gasteiger partial charge in [-0.25, -0.2) is 0 Å². The number of rotatable bonds is 5. The first-order chi connectivity index (χ1) is 13.4. The van der Waals surface area contributed by atoms with Crippen molar-refractivity contribution in [3.63, 3.8) is 0 Å². The molecule has 0 saturated carbocycles. The lowest BCUT2D eigenvalue weighted by Crippen LogP contribution is -2.49. The van der Waals surface area contributed by atoms with Crippen molar-refractivity contribution in [2.75, 3.05) is 30.4 Å². The molecule has 1 N–H and O–H groups in total. The summed E-state index contributed by atoms with van der Waals surface area (Å²) >= 11 is 12.2. The molecule has 0 bridgehead atoms. The van der Waals surface area contributed by atoms with Gasteiger partial charge >= 0.3 is 0 Å². The molecular formula is C21H23Cl2N3O2. The summed E-state index contributed by atoms with van der Waals surface area (Å²) in [4.78, 5) is 29.0. The zero-order chi connectivity index (χ0) is 20.3. The molecular weight excluding hydrogens is 397 g/mol. The van der Waals surface area contributed by atoms with Crippen LogP contribution in [0.4, 0.5) is 11.4 Å². The highest BCUT2D eigenvalue weighted by atomic mass is 35.5. The molecule has 5 nitrogen and oxygen atoms in total. The molecule has 0 fully saturated rings. The fourth-order valence-corrected chi connectivity index (χ4v) is 3.83. The first-order valence-electron chi connectivity index (χ1n) is 9.22. The molecule has 28 heavy (non-hydrogen) atoms. The number of carbonyl (C=O) groups excluding carboxylic acids is 2. The van der Waals surface area contributed by atoms with E-state index in [0.29, 0.717) is 22.3 Å². The van der Waals surface area contributed by atoms with E-state index in [-0.39, 0.29) is 18.4 Å². The molecule has 3 rings (SSSR count). The zero-order valence-electron chi connectivity index (χ0n) is 15.9. The fourth-order valence-electron chi connectivity index (χ4n) is 3.34. The van der Waals surface area contributed by atoms with Gasteiger partial charge in [-0.05, 0) is 50.6 Å². The van der Waals surface area contributed by atoms with E-state index in [1.807, 2.05) is 30.0 Å². The van der Waals surface area contributed by atoms with Crippen LogP contribution in [-0.4, -0.2) is 42.9 Å². The summed E-state index contributed by atoms with van der Waals surface area (Å²) in [6.45, 7) is 2.55. The maximum atomic E-state index is 13.1. The molecule has 0 radical (unpaired) electrons. The Morgan fingerprint density at radius 1 is 1.14 bits per heavy atom. The van der Waals surface area contributed by atoms with E-state index in [2.05, 4.69) is 11.4 Å². The van der Waals surface area contributed by atoms with Crippen LogP contribution in [0.25, 0.3) is 0 Å². The van der Waals surface area contributed by atoms with Crippen molar-refractivity contribution >= 4 is 46.4 Å². The third-order valence-electron chi connectivity index (χ3n) is 5.02. The Hall–Kier alpha value is -2.08. The highest BCUT2D eigenvalue weighted by Crippen LogP contribution is 2.30. The maximum absolute atomic E-state index is 13.1. The SMILES string of the molecule is C[C@H](C(=O)N1CCCc2ccccc21)N(C)CC(=O)Nc1c(Cl)cccc1Cl. The Balaban J connectivity index is 1.65. The van der Waals surface area contributed by atoms with Crippen LogP contribution >= 0.6 is 23.2 Å². The number of hydrogen-bond acceptors (Lipinski definition) is 3. The smallest absolute Gasteiger partial charge is 0.244 e. The lowest BCUT2D eigenvalue weighted by molar-refractivity contribution is -0.124. The van der Waals surface area contributed by atoms with E-state index >= 15 is 0 Å². The number of para-hydroxylation sites is 2. The van der Waals surface area contributed by atoms with Gasteiger partial charge in [0.2, 0.25) is 11.8 Å². The number of amides is 2. The van der Waals surface area contributed by atoms with Gasteiger partial charge in [0.1, 0.15) is 0 Å². The average molecular weight is 420 g/mol. The maximum Gasteiger partial charge on any atom is 0.244 e. The number of aryl methyl sites for hydroxylation is 1. The third-order valence-corrected chi connectivity index (χ3v) is 5.64. The van der Waals surface area contributed by atoms with Crippen LogP contribution in [-0.2, 0) is 16.0 Å². The quantitative estimate of drug-likeness (QED) is 0.788. The van der Waals surface area contributed by atoms with E-state index in [4.69, 9.17) is 23.2 Å². The number of anilines is 2. The molecule has 2 aromatic carbocycles. The topological polar surface area (TPSA) is 52.7 Å². The summed E-state index contributed by atoms with van der Waals surface area (Å²) in [5.74, 6) is -0.297. The van der Waals surface area contributed by atoms with Crippen LogP contribution in [0.3, 0.4) is 0 Å². The summed E-state index contributed by atoms with van der Waals surface area (Å²) in [6.07, 6.45) is 1.91. The third kappa shape index (κ3) is 4.49. The van der Waals surface area contributed by atoms with E-state index in [0.717, 1.165) is 18.5 Å². The van der Waals surface area contributed by atoms with Gasteiger partial charge in [0.25, 0.3) is 0 Å². The predicted molar refractivity (Wildman–Crippen MR) is 114 cm³/mol.